The summed E-state index contributed by atoms with van der Waals surface area (Å²) in [6.45, 7) is 8.40. The molecule has 3 aliphatic heterocycles. The minimum Gasteiger partial charge on any atom is -0.368 e. The molecule has 4 rings (SSSR count). The number of piperazine rings is 3. The van der Waals surface area contributed by atoms with Gasteiger partial charge < -0.3 is 5.32 Å². The molecule has 2 bridgehead atoms. The average Bonchev–Trinajstić information content (AvgIpc) is 2.47. The third-order valence-electron chi connectivity index (χ3n) is 4.17. The van der Waals surface area contributed by atoms with Crippen molar-refractivity contribution in [1.82, 2.24) is 14.8 Å². The third kappa shape index (κ3) is 2.59. The first-order valence-electron chi connectivity index (χ1n) is 6.95. The molecular formula is C13H19N5O2. The highest BCUT2D eigenvalue weighted by Crippen LogP contribution is 2.20. The van der Waals surface area contributed by atoms with Gasteiger partial charge in [0.2, 0.25) is 0 Å². The van der Waals surface area contributed by atoms with Crippen molar-refractivity contribution in [3.05, 3.63) is 27.9 Å². The van der Waals surface area contributed by atoms with Gasteiger partial charge in [-0.1, -0.05) is 0 Å². The second-order valence-corrected chi connectivity index (χ2v) is 5.49. The molecule has 1 unspecified atom stereocenters. The van der Waals surface area contributed by atoms with Crippen LogP contribution in [0, 0.1) is 17.0 Å². The lowest BCUT2D eigenvalue weighted by Crippen LogP contribution is -2.62. The van der Waals surface area contributed by atoms with Crippen LogP contribution in [0.25, 0.3) is 0 Å². The molecule has 4 heterocycles. The molecule has 0 aromatic carbocycles. The fraction of sp³-hybridized carbons (Fsp3) is 0.615. The number of nitrogens with one attached hydrogen (secondary N) is 1. The van der Waals surface area contributed by atoms with E-state index in [1.54, 1.807) is 6.07 Å². The van der Waals surface area contributed by atoms with E-state index in [0.717, 1.165) is 37.6 Å². The van der Waals surface area contributed by atoms with Gasteiger partial charge in [-0.15, -0.1) is 0 Å². The lowest BCUT2D eigenvalue weighted by molar-refractivity contribution is -0.385. The summed E-state index contributed by atoms with van der Waals surface area (Å²) in [6.07, 6.45) is 1.31. The van der Waals surface area contributed by atoms with Crippen molar-refractivity contribution in [2.24, 2.45) is 0 Å². The molecule has 0 saturated carbocycles. The van der Waals surface area contributed by atoms with E-state index in [9.17, 15) is 10.1 Å². The molecule has 3 aliphatic rings. The monoisotopic (exact) mass is 277 g/mol. The topological polar surface area (TPSA) is 74.5 Å². The van der Waals surface area contributed by atoms with E-state index >= 15 is 0 Å². The number of hydrogen-bond acceptors (Lipinski definition) is 6. The minimum absolute atomic E-state index is 0.0413. The molecule has 20 heavy (non-hydrogen) atoms. The van der Waals surface area contributed by atoms with Crippen LogP contribution in [0.5, 0.6) is 0 Å². The van der Waals surface area contributed by atoms with Gasteiger partial charge in [0.05, 0.1) is 4.92 Å². The molecule has 7 nitrogen and oxygen atoms in total. The van der Waals surface area contributed by atoms with Crippen molar-refractivity contribution in [1.29, 1.82) is 0 Å². The maximum Gasteiger partial charge on any atom is 0.287 e. The fourth-order valence-corrected chi connectivity index (χ4v) is 2.98. The van der Waals surface area contributed by atoms with Gasteiger partial charge in [-0.2, -0.15) is 0 Å². The summed E-state index contributed by atoms with van der Waals surface area (Å²) in [6, 6.07) is 2.07. The van der Waals surface area contributed by atoms with Gasteiger partial charge in [-0.3, -0.25) is 19.9 Å². The molecule has 0 amide bonds. The number of aryl methyl sites for hydroxylation is 1. The summed E-state index contributed by atoms with van der Waals surface area (Å²) in [4.78, 5) is 19.4. The Morgan fingerprint density at radius 3 is 2.75 bits per heavy atom. The van der Waals surface area contributed by atoms with Crippen LogP contribution in [0.2, 0.25) is 0 Å². The lowest BCUT2D eigenvalue weighted by atomic mass is 10.1. The van der Waals surface area contributed by atoms with Gasteiger partial charge in [0, 0.05) is 51.4 Å². The predicted octanol–water partition coefficient (Wildman–Crippen LogP) is 0.710. The molecule has 1 atom stereocenters. The van der Waals surface area contributed by atoms with Crippen LogP contribution in [0.15, 0.2) is 12.3 Å². The van der Waals surface area contributed by atoms with E-state index in [1.807, 2.05) is 6.92 Å². The Morgan fingerprint density at radius 1 is 1.45 bits per heavy atom. The zero-order chi connectivity index (χ0) is 14.1. The smallest absolute Gasteiger partial charge is 0.287 e. The summed E-state index contributed by atoms with van der Waals surface area (Å²) in [5.41, 5.74) is 0.857. The van der Waals surface area contributed by atoms with Gasteiger partial charge in [-0.25, -0.2) is 4.98 Å². The number of fused-ring (bicyclic) bond motifs is 3. The number of nitrogens with zero attached hydrogens (tertiary/aromatic N) is 4. The Morgan fingerprint density at radius 2 is 2.20 bits per heavy atom. The van der Waals surface area contributed by atoms with Crippen molar-refractivity contribution in [2.75, 3.05) is 44.6 Å². The summed E-state index contributed by atoms with van der Waals surface area (Å²) >= 11 is 0. The van der Waals surface area contributed by atoms with Crippen LogP contribution in [0.4, 0.5) is 11.5 Å². The van der Waals surface area contributed by atoms with Gasteiger partial charge >= 0.3 is 0 Å². The largest absolute Gasteiger partial charge is 0.368 e. The Kier molecular flexibility index (Phi) is 3.54. The zero-order valence-electron chi connectivity index (χ0n) is 11.6. The highest BCUT2D eigenvalue weighted by Gasteiger charge is 2.31. The van der Waals surface area contributed by atoms with Gasteiger partial charge in [-0.05, 0) is 12.5 Å². The third-order valence-corrected chi connectivity index (χ3v) is 4.17. The van der Waals surface area contributed by atoms with Crippen LogP contribution >= 0.6 is 0 Å². The number of pyridine rings is 1. The predicted molar refractivity (Wildman–Crippen MR) is 75.9 cm³/mol. The molecule has 7 heteroatoms. The molecule has 3 fully saturated rings. The Hall–Kier alpha value is -1.73. The SMILES string of the molecule is Cc1cc([N+](=O)[O-])cnc1NCC1CN2CCN1CC2. The number of hydrogen-bond donors (Lipinski definition) is 1. The maximum absolute atomic E-state index is 10.7. The molecular weight excluding hydrogens is 258 g/mol. The Bertz CT molecular complexity index is 513. The second kappa shape index (κ2) is 5.34. The standard InChI is InChI=1S/C13H19N5O2/c1-10-6-11(18(19)20)7-14-13(10)15-8-12-9-16-2-4-17(12)5-3-16/h6-7,12H,2-5,8-9H2,1H3,(H,14,15). The lowest BCUT2D eigenvalue weighted by Gasteiger charge is -2.47. The van der Waals surface area contributed by atoms with Crippen molar-refractivity contribution in [3.63, 3.8) is 0 Å². The van der Waals surface area contributed by atoms with E-state index in [-0.39, 0.29) is 5.69 Å². The van der Waals surface area contributed by atoms with E-state index in [1.165, 1.54) is 19.3 Å². The van der Waals surface area contributed by atoms with Crippen molar-refractivity contribution in [2.45, 2.75) is 13.0 Å². The van der Waals surface area contributed by atoms with Crippen LogP contribution in [0.3, 0.4) is 0 Å². The van der Waals surface area contributed by atoms with Crippen molar-refractivity contribution in [3.8, 4) is 0 Å². The summed E-state index contributed by atoms with van der Waals surface area (Å²) in [7, 11) is 0. The quantitative estimate of drug-likeness (QED) is 0.645. The molecule has 0 radical (unpaired) electrons. The van der Waals surface area contributed by atoms with Crippen LogP contribution in [-0.2, 0) is 0 Å². The van der Waals surface area contributed by atoms with Crippen molar-refractivity contribution < 1.29 is 4.92 Å². The minimum atomic E-state index is -0.414. The van der Waals surface area contributed by atoms with Crippen LogP contribution in [0.1, 0.15) is 5.56 Å². The van der Waals surface area contributed by atoms with Crippen LogP contribution < -0.4 is 5.32 Å². The number of aromatic nitrogens is 1. The number of nitro groups is 1. The van der Waals surface area contributed by atoms with Gasteiger partial charge in [0.1, 0.15) is 12.0 Å². The molecule has 0 aliphatic carbocycles. The zero-order valence-corrected chi connectivity index (χ0v) is 11.6. The highest BCUT2D eigenvalue weighted by atomic mass is 16.6. The molecule has 108 valence electrons. The van der Waals surface area contributed by atoms with Crippen molar-refractivity contribution >= 4 is 11.5 Å². The summed E-state index contributed by atoms with van der Waals surface area (Å²) in [5.74, 6) is 0.744. The van der Waals surface area contributed by atoms with Gasteiger partial charge in [0.25, 0.3) is 5.69 Å². The maximum atomic E-state index is 10.7. The molecule has 1 aromatic heterocycles. The normalized spacial score (nSPS) is 28.4. The van der Waals surface area contributed by atoms with Crippen LogP contribution in [-0.4, -0.2) is 65.0 Å². The highest BCUT2D eigenvalue weighted by molar-refractivity contribution is 5.48. The molecule has 0 spiro atoms. The molecule has 3 saturated heterocycles. The Balaban J connectivity index is 1.62. The van der Waals surface area contributed by atoms with E-state index in [4.69, 9.17) is 0 Å². The van der Waals surface area contributed by atoms with E-state index in [0.29, 0.717) is 6.04 Å². The van der Waals surface area contributed by atoms with Gasteiger partial charge in [0.15, 0.2) is 0 Å². The molecule has 1 N–H and O–H groups in total. The number of anilines is 1. The van der Waals surface area contributed by atoms with E-state index < -0.39 is 4.92 Å². The summed E-state index contributed by atoms with van der Waals surface area (Å²) < 4.78 is 0. The Labute approximate surface area is 117 Å². The first-order chi connectivity index (χ1) is 9.63. The molecule has 1 aromatic rings. The first kappa shape index (κ1) is 13.3. The number of rotatable bonds is 4. The fourth-order valence-electron chi connectivity index (χ4n) is 2.98. The first-order valence-corrected chi connectivity index (χ1v) is 6.95. The average molecular weight is 277 g/mol. The summed E-state index contributed by atoms with van der Waals surface area (Å²) in [5, 5.41) is 14.0. The van der Waals surface area contributed by atoms with E-state index in [2.05, 4.69) is 20.1 Å². The second-order valence-electron chi connectivity index (χ2n) is 5.49.